The summed E-state index contributed by atoms with van der Waals surface area (Å²) in [5.41, 5.74) is -2.69. The number of carbonyl (C=O) groups is 1. The van der Waals surface area contributed by atoms with Gasteiger partial charge in [0.2, 0.25) is 0 Å². The Morgan fingerprint density at radius 3 is 2.39 bits per heavy atom. The van der Waals surface area contributed by atoms with E-state index in [1.165, 1.54) is 30.3 Å². The predicted octanol–water partition coefficient (Wildman–Crippen LogP) is 6.45. The molecule has 0 bridgehead atoms. The summed E-state index contributed by atoms with van der Waals surface area (Å²) in [5, 5.41) is 7.68. The van der Waals surface area contributed by atoms with Crippen LogP contribution in [0.15, 0.2) is 53.2 Å². The van der Waals surface area contributed by atoms with Crippen LogP contribution in [0, 0.1) is 5.82 Å². The molecule has 4 aromatic rings. The van der Waals surface area contributed by atoms with E-state index >= 15 is 0 Å². The third-order valence-electron chi connectivity index (χ3n) is 4.62. The van der Waals surface area contributed by atoms with Crippen LogP contribution in [0.5, 0.6) is 0 Å². The summed E-state index contributed by atoms with van der Waals surface area (Å²) >= 11 is 12.4. The van der Waals surface area contributed by atoms with E-state index in [-0.39, 0.29) is 27.0 Å². The summed E-state index contributed by atoms with van der Waals surface area (Å²) < 4.78 is 66.4. The molecule has 170 valence electrons. The van der Waals surface area contributed by atoms with E-state index in [1.807, 2.05) is 0 Å². The summed E-state index contributed by atoms with van der Waals surface area (Å²) in [4.78, 5) is 12.6. The van der Waals surface area contributed by atoms with Crippen molar-refractivity contribution in [2.75, 3.05) is 7.11 Å². The average Bonchev–Trinajstić information content (AvgIpc) is 3.37. The van der Waals surface area contributed by atoms with Crippen LogP contribution in [0.3, 0.4) is 0 Å². The Morgan fingerprint density at radius 1 is 1.12 bits per heavy atom. The number of hydrogen-bond donors (Lipinski definition) is 0. The van der Waals surface area contributed by atoms with Crippen LogP contribution in [-0.4, -0.2) is 28.0 Å². The van der Waals surface area contributed by atoms with Crippen molar-refractivity contribution < 1.29 is 31.6 Å². The second-order valence-electron chi connectivity index (χ2n) is 6.62. The molecule has 0 radical (unpaired) electrons. The van der Waals surface area contributed by atoms with Gasteiger partial charge in [-0.15, -0.1) is 0 Å². The van der Waals surface area contributed by atoms with Crippen molar-refractivity contribution in [3.8, 4) is 28.3 Å². The number of esters is 1. The van der Waals surface area contributed by atoms with E-state index in [2.05, 4.69) is 10.3 Å². The van der Waals surface area contributed by atoms with Crippen LogP contribution in [-0.2, 0) is 10.9 Å². The van der Waals surface area contributed by atoms with Crippen molar-refractivity contribution in [1.29, 1.82) is 0 Å². The Hall–Kier alpha value is -3.37. The first-order chi connectivity index (χ1) is 15.6. The second-order valence-corrected chi connectivity index (χ2v) is 7.43. The van der Waals surface area contributed by atoms with E-state index in [1.54, 1.807) is 0 Å². The Kier molecular flexibility index (Phi) is 5.89. The summed E-state index contributed by atoms with van der Waals surface area (Å²) in [6.45, 7) is 0. The molecule has 2 aromatic carbocycles. The van der Waals surface area contributed by atoms with Gasteiger partial charge >= 0.3 is 12.1 Å². The lowest BCUT2D eigenvalue weighted by atomic mass is 10.0. The maximum absolute atomic E-state index is 14.1. The zero-order valence-electron chi connectivity index (χ0n) is 16.5. The minimum Gasteiger partial charge on any atom is -0.465 e. The third kappa shape index (κ3) is 4.07. The number of halogens is 6. The highest BCUT2D eigenvalue weighted by atomic mass is 35.5. The van der Waals surface area contributed by atoms with E-state index in [0.717, 1.165) is 25.4 Å². The standard InChI is InChI=1S/C21H11Cl2F4N3O3/c1-32-20(31)16-17(15-13(22)6-3-7-14(15)23)29-33-18(16)12-9-28-30(19(12)21(25,26)27)11-5-2-4-10(24)8-11/h2-9H,1H3. The number of ether oxygens (including phenoxy) is 1. The number of benzene rings is 2. The van der Waals surface area contributed by atoms with Gasteiger partial charge < -0.3 is 9.26 Å². The summed E-state index contributed by atoms with van der Waals surface area (Å²) in [7, 11) is 1.04. The first-order valence-electron chi connectivity index (χ1n) is 9.07. The van der Waals surface area contributed by atoms with Gasteiger partial charge in [0.05, 0.1) is 34.6 Å². The molecule has 0 fully saturated rings. The largest absolute Gasteiger partial charge is 0.465 e. The molecule has 12 heteroatoms. The molecule has 0 amide bonds. The van der Waals surface area contributed by atoms with E-state index in [0.29, 0.717) is 4.68 Å². The number of nitrogens with zero attached hydrogens (tertiary/aromatic N) is 3. The molecule has 0 aliphatic heterocycles. The van der Waals surface area contributed by atoms with Gasteiger partial charge in [0, 0.05) is 5.56 Å². The first-order valence-corrected chi connectivity index (χ1v) is 9.83. The fraction of sp³-hybridized carbons (Fsp3) is 0.0952. The lowest BCUT2D eigenvalue weighted by Crippen LogP contribution is -2.15. The summed E-state index contributed by atoms with van der Waals surface area (Å²) in [6, 6.07) is 8.89. The average molecular weight is 500 g/mol. The van der Waals surface area contributed by atoms with Gasteiger partial charge in [-0.1, -0.05) is 40.5 Å². The third-order valence-corrected chi connectivity index (χ3v) is 5.25. The van der Waals surface area contributed by atoms with E-state index in [4.69, 9.17) is 32.5 Å². The first kappa shape index (κ1) is 22.8. The number of hydrogen-bond acceptors (Lipinski definition) is 5. The topological polar surface area (TPSA) is 70.2 Å². The molecule has 0 saturated carbocycles. The van der Waals surface area contributed by atoms with E-state index in [9.17, 15) is 22.4 Å². The van der Waals surface area contributed by atoms with Gasteiger partial charge in [-0.25, -0.2) is 13.9 Å². The molecule has 0 aliphatic carbocycles. The maximum atomic E-state index is 14.1. The highest BCUT2D eigenvalue weighted by molar-refractivity contribution is 6.39. The van der Waals surface area contributed by atoms with Crippen molar-refractivity contribution in [2.45, 2.75) is 6.18 Å². The smallest absolute Gasteiger partial charge is 0.434 e. The SMILES string of the molecule is COC(=O)c1c(-c2c(Cl)cccc2Cl)noc1-c1cnn(-c2cccc(F)c2)c1C(F)(F)F. The predicted molar refractivity (Wildman–Crippen MR) is 111 cm³/mol. The molecule has 0 N–H and O–H groups in total. The number of rotatable bonds is 4. The molecule has 0 aliphatic rings. The molecular formula is C21H11Cl2F4N3O3. The van der Waals surface area contributed by atoms with Crippen molar-refractivity contribution in [3.63, 3.8) is 0 Å². The Balaban J connectivity index is 2.01. The quantitative estimate of drug-likeness (QED) is 0.238. The maximum Gasteiger partial charge on any atom is 0.434 e. The highest BCUT2D eigenvalue weighted by Gasteiger charge is 2.42. The van der Waals surface area contributed by atoms with Gasteiger partial charge in [-0.3, -0.25) is 0 Å². The lowest BCUT2D eigenvalue weighted by Gasteiger charge is -2.12. The Labute approximate surface area is 193 Å². The highest BCUT2D eigenvalue weighted by Crippen LogP contribution is 2.44. The molecule has 2 heterocycles. The fourth-order valence-electron chi connectivity index (χ4n) is 3.25. The van der Waals surface area contributed by atoms with Crippen molar-refractivity contribution in [2.24, 2.45) is 0 Å². The molecule has 0 atom stereocenters. The van der Waals surface area contributed by atoms with E-state index < -0.39 is 40.5 Å². The van der Waals surface area contributed by atoms with Gasteiger partial charge in [-0.05, 0) is 30.3 Å². The number of alkyl halides is 3. The number of aromatic nitrogens is 3. The molecule has 33 heavy (non-hydrogen) atoms. The molecule has 4 rings (SSSR count). The second kappa shape index (κ2) is 8.53. The van der Waals surface area contributed by atoms with Crippen LogP contribution >= 0.6 is 23.2 Å². The molecule has 6 nitrogen and oxygen atoms in total. The van der Waals surface area contributed by atoms with Crippen molar-refractivity contribution in [3.05, 3.63) is 75.8 Å². The molecule has 0 saturated heterocycles. The Morgan fingerprint density at radius 2 is 1.79 bits per heavy atom. The summed E-state index contributed by atoms with van der Waals surface area (Å²) in [6.07, 6.45) is -4.14. The number of methoxy groups -OCH3 is 1. The van der Waals surface area contributed by atoms with Crippen LogP contribution in [0.2, 0.25) is 10.0 Å². The monoisotopic (exact) mass is 499 g/mol. The summed E-state index contributed by atoms with van der Waals surface area (Å²) in [5.74, 6) is -2.37. The van der Waals surface area contributed by atoms with Crippen LogP contribution in [0.1, 0.15) is 16.1 Å². The fourth-order valence-corrected chi connectivity index (χ4v) is 3.83. The zero-order chi connectivity index (χ0) is 23.9. The zero-order valence-corrected chi connectivity index (χ0v) is 18.0. The normalized spacial score (nSPS) is 11.6. The molecule has 0 spiro atoms. The Bertz CT molecular complexity index is 1350. The van der Waals surface area contributed by atoms with Crippen LogP contribution in [0.25, 0.3) is 28.3 Å². The van der Waals surface area contributed by atoms with Crippen LogP contribution in [0.4, 0.5) is 17.6 Å². The van der Waals surface area contributed by atoms with Crippen LogP contribution < -0.4 is 0 Å². The minimum atomic E-state index is -4.97. The molecule has 0 unspecified atom stereocenters. The molecular weight excluding hydrogens is 489 g/mol. The van der Waals surface area contributed by atoms with Gasteiger partial charge in [0.25, 0.3) is 0 Å². The van der Waals surface area contributed by atoms with Gasteiger partial charge in [0.1, 0.15) is 17.1 Å². The molecule has 2 aromatic heterocycles. The van der Waals surface area contributed by atoms with Gasteiger partial charge in [-0.2, -0.15) is 18.3 Å². The van der Waals surface area contributed by atoms with Crippen molar-refractivity contribution >= 4 is 29.2 Å². The number of carbonyl (C=O) groups excluding carboxylic acids is 1. The van der Waals surface area contributed by atoms with Crippen molar-refractivity contribution in [1.82, 2.24) is 14.9 Å². The minimum absolute atomic E-state index is 0.0716. The van der Waals surface area contributed by atoms with Gasteiger partial charge in [0.15, 0.2) is 11.5 Å². The lowest BCUT2D eigenvalue weighted by molar-refractivity contribution is -0.142.